The summed E-state index contributed by atoms with van der Waals surface area (Å²) in [7, 11) is 4.56. The zero-order valence-corrected chi connectivity index (χ0v) is 23.0. The Morgan fingerprint density at radius 1 is 1.08 bits per heavy atom. The number of halogens is 1. The zero-order chi connectivity index (χ0) is 27.9. The molecule has 0 radical (unpaired) electrons. The van der Waals surface area contributed by atoms with Crippen LogP contribution in [0.5, 0.6) is 5.75 Å². The molecule has 38 heavy (non-hydrogen) atoms. The molecule has 3 atom stereocenters. The predicted octanol–water partition coefficient (Wildman–Crippen LogP) is 4.19. The summed E-state index contributed by atoms with van der Waals surface area (Å²) in [4.78, 5) is 47.9. The number of carbonyl (C=O) groups is 3. The molecule has 3 aromatic rings. The Balaban J connectivity index is 1.65. The number of H-pyrrole nitrogens is 1. The van der Waals surface area contributed by atoms with Crippen LogP contribution in [0.4, 0.5) is 4.39 Å². The molecule has 1 saturated heterocycles. The Morgan fingerprint density at radius 2 is 1.74 bits per heavy atom. The van der Waals surface area contributed by atoms with E-state index in [0.717, 1.165) is 5.56 Å². The fourth-order valence-electron chi connectivity index (χ4n) is 5.36. The van der Waals surface area contributed by atoms with Crippen molar-refractivity contribution in [2.24, 2.45) is 0 Å². The van der Waals surface area contributed by atoms with Crippen LogP contribution >= 0.6 is 0 Å². The van der Waals surface area contributed by atoms with E-state index < -0.39 is 11.7 Å². The molecular formula is C29H35FN4O4. The van der Waals surface area contributed by atoms with Gasteiger partial charge in [0.25, 0.3) is 17.6 Å². The number of aromatic amines is 1. The molecule has 4 rings (SSSR count). The molecule has 0 spiro atoms. The number of nitrogens with one attached hydrogen (secondary N) is 1. The lowest BCUT2D eigenvalue weighted by atomic mass is 9.99. The first kappa shape index (κ1) is 27.3. The second-order valence-electron chi connectivity index (χ2n) is 10.3. The highest BCUT2D eigenvalue weighted by Crippen LogP contribution is 2.33. The van der Waals surface area contributed by atoms with E-state index in [2.05, 4.69) is 23.7 Å². The predicted molar refractivity (Wildman–Crippen MR) is 144 cm³/mol. The van der Waals surface area contributed by atoms with Gasteiger partial charge in [0, 0.05) is 62.5 Å². The normalized spacial score (nSPS) is 18.9. The molecule has 9 heteroatoms. The molecule has 1 aliphatic rings. The van der Waals surface area contributed by atoms with E-state index >= 15 is 0 Å². The first-order chi connectivity index (χ1) is 17.9. The summed E-state index contributed by atoms with van der Waals surface area (Å²) in [5, 5.41) is 0.510. The van der Waals surface area contributed by atoms with Crippen LogP contribution < -0.4 is 4.74 Å². The van der Waals surface area contributed by atoms with Crippen molar-refractivity contribution in [3.63, 3.8) is 0 Å². The molecule has 1 unspecified atom stereocenters. The van der Waals surface area contributed by atoms with Crippen LogP contribution in [0.15, 0.2) is 36.4 Å². The number of rotatable bonds is 6. The molecule has 1 aromatic heterocycles. The number of likely N-dealkylation sites (N-methyl/N-ethyl adjacent to an activating group) is 1. The van der Waals surface area contributed by atoms with Crippen molar-refractivity contribution in [3.8, 4) is 5.75 Å². The average molecular weight is 523 g/mol. The van der Waals surface area contributed by atoms with Crippen molar-refractivity contribution >= 4 is 28.5 Å². The van der Waals surface area contributed by atoms with Gasteiger partial charge in [0.15, 0.2) is 0 Å². The third-order valence-electron chi connectivity index (χ3n) is 7.51. The summed E-state index contributed by atoms with van der Waals surface area (Å²) in [6.45, 7) is 9.03. The molecule has 1 N–H and O–H groups in total. The van der Waals surface area contributed by atoms with Gasteiger partial charge in [-0.15, -0.1) is 0 Å². The van der Waals surface area contributed by atoms with E-state index in [-0.39, 0.29) is 35.4 Å². The minimum absolute atomic E-state index is 0.0503. The Kier molecular flexibility index (Phi) is 7.60. The number of amides is 2. The van der Waals surface area contributed by atoms with E-state index in [0.29, 0.717) is 41.0 Å². The number of piperazine rings is 1. The number of ketones is 1. The lowest BCUT2D eigenvalue weighted by Crippen LogP contribution is -2.58. The molecule has 2 aromatic carbocycles. The van der Waals surface area contributed by atoms with E-state index in [4.69, 9.17) is 4.74 Å². The number of aromatic nitrogens is 1. The van der Waals surface area contributed by atoms with Gasteiger partial charge in [0.1, 0.15) is 11.6 Å². The van der Waals surface area contributed by atoms with Crippen molar-refractivity contribution in [3.05, 3.63) is 64.6 Å². The van der Waals surface area contributed by atoms with Crippen LogP contribution in [0.25, 0.3) is 10.9 Å². The Hall–Kier alpha value is -3.72. The minimum atomic E-state index is -0.633. The van der Waals surface area contributed by atoms with Gasteiger partial charge in [-0.05, 0) is 51.5 Å². The fourth-order valence-corrected chi connectivity index (χ4v) is 5.36. The first-order valence-corrected chi connectivity index (χ1v) is 12.7. The third-order valence-corrected chi connectivity index (χ3v) is 7.51. The summed E-state index contributed by atoms with van der Waals surface area (Å²) < 4.78 is 19.0. The Bertz CT molecular complexity index is 1380. The van der Waals surface area contributed by atoms with Crippen molar-refractivity contribution in [2.45, 2.75) is 45.8 Å². The van der Waals surface area contributed by atoms with E-state index in [9.17, 15) is 18.8 Å². The molecule has 2 heterocycles. The van der Waals surface area contributed by atoms with E-state index in [1.165, 1.54) is 38.2 Å². The summed E-state index contributed by atoms with van der Waals surface area (Å²) in [5.41, 5.74) is 2.78. The standard InChI is InChI=1S/C29H35FN4O4/c1-16-15-34(17(2)14-33(16)19(4)20-8-10-21(30)11-9-20)28(36)23-12-22-24(13-25(23)38-7)31-18(3)26(22)27(35)29(37)32(5)6/h8-13,16-17,19,31H,14-15H2,1-7H3/t16-,17+,19?/m0/s1. The van der Waals surface area contributed by atoms with Crippen LogP contribution in [0.3, 0.4) is 0 Å². The molecule has 8 nitrogen and oxygen atoms in total. The van der Waals surface area contributed by atoms with Crippen molar-refractivity contribution in [2.75, 3.05) is 34.3 Å². The van der Waals surface area contributed by atoms with Gasteiger partial charge < -0.3 is 19.5 Å². The van der Waals surface area contributed by atoms with Crippen LogP contribution in [0.1, 0.15) is 58.8 Å². The first-order valence-electron chi connectivity index (χ1n) is 12.7. The molecule has 2 amide bonds. The summed E-state index contributed by atoms with van der Waals surface area (Å²) in [6.07, 6.45) is 0. The highest BCUT2D eigenvalue weighted by molar-refractivity contribution is 6.45. The van der Waals surface area contributed by atoms with Gasteiger partial charge in [-0.1, -0.05) is 12.1 Å². The molecule has 0 aliphatic carbocycles. The maximum atomic E-state index is 13.9. The van der Waals surface area contributed by atoms with Crippen molar-refractivity contribution < 1.29 is 23.5 Å². The average Bonchev–Trinajstić information content (AvgIpc) is 3.21. The highest BCUT2D eigenvalue weighted by atomic mass is 19.1. The van der Waals surface area contributed by atoms with Crippen LogP contribution in [0.2, 0.25) is 0 Å². The van der Waals surface area contributed by atoms with Gasteiger partial charge in [0.2, 0.25) is 0 Å². The minimum Gasteiger partial charge on any atom is -0.496 e. The van der Waals surface area contributed by atoms with Crippen LogP contribution in [-0.2, 0) is 4.79 Å². The van der Waals surface area contributed by atoms with Gasteiger partial charge in [0.05, 0.1) is 23.8 Å². The van der Waals surface area contributed by atoms with Gasteiger partial charge in [-0.3, -0.25) is 19.3 Å². The number of fused-ring (bicyclic) bond motifs is 1. The van der Waals surface area contributed by atoms with Crippen LogP contribution in [0, 0.1) is 12.7 Å². The molecular weight excluding hydrogens is 487 g/mol. The second-order valence-corrected chi connectivity index (χ2v) is 10.3. The number of methoxy groups -OCH3 is 1. The van der Waals surface area contributed by atoms with Crippen molar-refractivity contribution in [1.82, 2.24) is 19.7 Å². The highest BCUT2D eigenvalue weighted by Gasteiger charge is 2.36. The summed E-state index contributed by atoms with van der Waals surface area (Å²) in [5.74, 6) is -1.34. The molecule has 0 saturated carbocycles. The van der Waals surface area contributed by atoms with Crippen LogP contribution in [-0.4, -0.2) is 83.7 Å². The smallest absolute Gasteiger partial charge is 0.294 e. The maximum absolute atomic E-state index is 13.9. The number of aryl methyl sites for hydroxylation is 1. The Morgan fingerprint density at radius 3 is 2.34 bits per heavy atom. The number of benzene rings is 2. The summed E-state index contributed by atoms with van der Waals surface area (Å²) >= 11 is 0. The van der Waals surface area contributed by atoms with E-state index in [1.807, 2.05) is 11.8 Å². The molecule has 0 bridgehead atoms. The molecule has 1 fully saturated rings. The van der Waals surface area contributed by atoms with Gasteiger partial charge >= 0.3 is 0 Å². The summed E-state index contributed by atoms with van der Waals surface area (Å²) in [6, 6.07) is 9.89. The monoisotopic (exact) mass is 522 g/mol. The number of ether oxygens (including phenoxy) is 1. The fraction of sp³-hybridized carbons (Fsp3) is 0.414. The van der Waals surface area contributed by atoms with Gasteiger partial charge in [-0.2, -0.15) is 0 Å². The van der Waals surface area contributed by atoms with Crippen molar-refractivity contribution in [1.29, 1.82) is 0 Å². The van der Waals surface area contributed by atoms with E-state index in [1.54, 1.807) is 31.2 Å². The zero-order valence-electron chi connectivity index (χ0n) is 23.0. The quantitative estimate of drug-likeness (QED) is 0.388. The molecule has 1 aliphatic heterocycles. The topological polar surface area (TPSA) is 85.9 Å². The third kappa shape index (κ3) is 4.90. The number of Topliss-reactive ketones (excluding diaryl/α,β-unsaturated/α-hetero) is 1. The number of hydrogen-bond donors (Lipinski definition) is 1. The Labute approximate surface area is 222 Å². The molecule has 202 valence electrons. The maximum Gasteiger partial charge on any atom is 0.294 e. The number of hydrogen-bond acceptors (Lipinski definition) is 5. The number of carbonyl (C=O) groups excluding carboxylic acids is 3. The lowest BCUT2D eigenvalue weighted by molar-refractivity contribution is -0.124. The second kappa shape index (κ2) is 10.6. The number of nitrogens with zero attached hydrogens (tertiary/aromatic N) is 3. The van der Waals surface area contributed by atoms with Gasteiger partial charge in [-0.25, -0.2) is 4.39 Å². The SMILES string of the molecule is COc1cc2[nH]c(C)c(C(=O)C(=O)N(C)C)c2cc1C(=O)N1C[C@H](C)N(C(C)c2ccc(F)cc2)C[C@H]1C. The largest absolute Gasteiger partial charge is 0.496 e. The lowest BCUT2D eigenvalue weighted by Gasteiger charge is -2.46.